The van der Waals surface area contributed by atoms with Gasteiger partial charge in [0.05, 0.1) is 12.5 Å². The van der Waals surface area contributed by atoms with Gasteiger partial charge in [0.15, 0.2) is 0 Å². The smallest absolute Gasteiger partial charge is 0.227 e. The molecule has 1 aliphatic heterocycles. The van der Waals surface area contributed by atoms with E-state index in [9.17, 15) is 9.18 Å². The summed E-state index contributed by atoms with van der Waals surface area (Å²) >= 11 is 0. The number of ether oxygens (including phenoxy) is 1. The number of amides is 1. The van der Waals surface area contributed by atoms with Crippen molar-refractivity contribution in [2.24, 2.45) is 11.8 Å². The van der Waals surface area contributed by atoms with Crippen LogP contribution in [0.1, 0.15) is 37.8 Å². The number of benzene rings is 2. The quantitative estimate of drug-likeness (QED) is 0.655. The molecule has 3 atom stereocenters. The lowest BCUT2D eigenvalue weighted by Crippen LogP contribution is -2.40. The molecule has 1 saturated heterocycles. The highest BCUT2D eigenvalue weighted by atomic mass is 19.1. The SMILES string of the molecule is CC(C)Oc1ccc(CC(=O)N(Cc2ccc(F)cc2)C2C[C@@H]3CN(C)C[C@@H]3C2)cc1. The van der Waals surface area contributed by atoms with Crippen LogP contribution < -0.4 is 4.74 Å². The third-order valence-corrected chi connectivity index (χ3v) is 6.59. The van der Waals surface area contributed by atoms with Gasteiger partial charge in [0.25, 0.3) is 0 Å². The molecule has 4 nitrogen and oxygen atoms in total. The number of carbonyl (C=O) groups excluding carboxylic acids is 1. The summed E-state index contributed by atoms with van der Waals surface area (Å²) in [5.41, 5.74) is 1.97. The predicted octanol–water partition coefficient (Wildman–Crippen LogP) is 4.52. The minimum absolute atomic E-state index is 0.125. The molecule has 0 radical (unpaired) electrons. The van der Waals surface area contributed by atoms with Crippen LogP contribution in [0.25, 0.3) is 0 Å². The lowest BCUT2D eigenvalue weighted by atomic mass is 10.0. The van der Waals surface area contributed by atoms with Crippen molar-refractivity contribution in [2.45, 2.75) is 51.8 Å². The van der Waals surface area contributed by atoms with Crippen molar-refractivity contribution in [2.75, 3.05) is 20.1 Å². The second-order valence-corrected chi connectivity index (χ2v) is 9.50. The Bertz CT molecular complexity index is 867. The fraction of sp³-hybridized carbons (Fsp3) is 0.500. The molecule has 2 aromatic rings. The Morgan fingerprint density at radius 3 is 2.19 bits per heavy atom. The predicted molar refractivity (Wildman–Crippen MR) is 120 cm³/mol. The summed E-state index contributed by atoms with van der Waals surface area (Å²) in [5, 5.41) is 0. The van der Waals surface area contributed by atoms with Gasteiger partial charge in [-0.1, -0.05) is 24.3 Å². The molecule has 0 aromatic heterocycles. The van der Waals surface area contributed by atoms with Gasteiger partial charge in [-0.2, -0.15) is 0 Å². The Morgan fingerprint density at radius 1 is 1.03 bits per heavy atom. The summed E-state index contributed by atoms with van der Waals surface area (Å²) in [5.74, 6) is 2.06. The average molecular weight is 425 g/mol. The van der Waals surface area contributed by atoms with E-state index < -0.39 is 0 Å². The van der Waals surface area contributed by atoms with E-state index >= 15 is 0 Å². The number of carbonyl (C=O) groups is 1. The van der Waals surface area contributed by atoms with Crippen LogP contribution in [0.2, 0.25) is 0 Å². The van der Waals surface area contributed by atoms with Gasteiger partial charge in [-0.05, 0) is 81.0 Å². The number of hydrogen-bond donors (Lipinski definition) is 0. The largest absolute Gasteiger partial charge is 0.491 e. The third kappa shape index (κ3) is 5.45. The van der Waals surface area contributed by atoms with Crippen LogP contribution in [0.4, 0.5) is 4.39 Å². The zero-order valence-electron chi connectivity index (χ0n) is 18.8. The number of nitrogens with zero attached hydrogens (tertiary/aromatic N) is 2. The maximum atomic E-state index is 13.4. The van der Waals surface area contributed by atoms with Crippen LogP contribution in [0.5, 0.6) is 5.75 Å². The first-order chi connectivity index (χ1) is 14.9. The van der Waals surface area contributed by atoms with Gasteiger partial charge in [-0.3, -0.25) is 4.79 Å². The van der Waals surface area contributed by atoms with Crippen molar-refractivity contribution in [3.8, 4) is 5.75 Å². The van der Waals surface area contributed by atoms with Crippen molar-refractivity contribution in [1.29, 1.82) is 0 Å². The topological polar surface area (TPSA) is 32.8 Å². The first-order valence-corrected chi connectivity index (χ1v) is 11.4. The standard InChI is InChI=1S/C26H33FN2O2/c1-18(2)31-25-10-6-19(7-11-25)12-26(30)29(15-20-4-8-23(27)9-5-20)24-13-21-16-28(3)17-22(21)14-24/h4-11,18,21-22,24H,12-17H2,1-3H3/t21-,22+,24?. The molecule has 0 N–H and O–H groups in total. The fourth-order valence-electron chi connectivity index (χ4n) is 5.20. The Hall–Kier alpha value is -2.40. The minimum Gasteiger partial charge on any atom is -0.491 e. The van der Waals surface area contributed by atoms with Crippen LogP contribution in [-0.4, -0.2) is 48.0 Å². The molecule has 31 heavy (non-hydrogen) atoms. The molecule has 1 unspecified atom stereocenters. The number of likely N-dealkylation sites (tertiary alicyclic amines) is 1. The van der Waals surface area contributed by atoms with E-state index in [4.69, 9.17) is 4.74 Å². The van der Waals surface area contributed by atoms with Crippen molar-refractivity contribution < 1.29 is 13.9 Å². The van der Waals surface area contributed by atoms with Crippen LogP contribution in [0.15, 0.2) is 48.5 Å². The van der Waals surface area contributed by atoms with Crippen molar-refractivity contribution >= 4 is 5.91 Å². The molecule has 1 amide bonds. The molecular formula is C26H33FN2O2. The molecule has 0 bridgehead atoms. The fourth-order valence-corrected chi connectivity index (χ4v) is 5.20. The second kappa shape index (κ2) is 9.39. The van der Waals surface area contributed by atoms with Gasteiger partial charge in [0, 0.05) is 25.7 Å². The van der Waals surface area contributed by atoms with Crippen LogP contribution in [0, 0.1) is 17.7 Å². The number of rotatable bonds is 7. The monoisotopic (exact) mass is 424 g/mol. The van der Waals surface area contributed by atoms with Gasteiger partial charge in [-0.25, -0.2) is 4.39 Å². The average Bonchev–Trinajstić information content (AvgIpc) is 3.25. The summed E-state index contributed by atoms with van der Waals surface area (Å²) in [6.45, 7) is 6.78. The molecule has 5 heteroatoms. The van der Waals surface area contributed by atoms with Gasteiger partial charge in [-0.15, -0.1) is 0 Å². The van der Waals surface area contributed by atoms with Crippen molar-refractivity contribution in [3.05, 3.63) is 65.5 Å². The number of hydrogen-bond acceptors (Lipinski definition) is 3. The highest BCUT2D eigenvalue weighted by Crippen LogP contribution is 2.40. The van der Waals surface area contributed by atoms with Gasteiger partial charge in [0.2, 0.25) is 5.91 Å². The Kier molecular flexibility index (Phi) is 6.61. The maximum absolute atomic E-state index is 13.4. The Morgan fingerprint density at radius 2 is 1.61 bits per heavy atom. The minimum atomic E-state index is -0.247. The summed E-state index contributed by atoms with van der Waals surface area (Å²) < 4.78 is 19.1. The van der Waals surface area contributed by atoms with E-state index in [-0.39, 0.29) is 23.9 Å². The molecule has 1 aliphatic carbocycles. The second-order valence-electron chi connectivity index (χ2n) is 9.50. The highest BCUT2D eigenvalue weighted by Gasteiger charge is 2.42. The van der Waals surface area contributed by atoms with Gasteiger partial charge in [0.1, 0.15) is 11.6 Å². The number of halogens is 1. The van der Waals surface area contributed by atoms with Crippen molar-refractivity contribution in [3.63, 3.8) is 0 Å². The maximum Gasteiger partial charge on any atom is 0.227 e. The van der Waals surface area contributed by atoms with E-state index in [1.165, 1.54) is 12.1 Å². The van der Waals surface area contributed by atoms with E-state index in [0.29, 0.717) is 24.8 Å². The molecule has 1 heterocycles. The van der Waals surface area contributed by atoms with E-state index in [1.54, 1.807) is 12.1 Å². The molecular weight excluding hydrogens is 391 g/mol. The summed E-state index contributed by atoms with van der Waals surface area (Å²) in [4.78, 5) is 17.9. The van der Waals surface area contributed by atoms with E-state index in [2.05, 4.69) is 11.9 Å². The molecule has 166 valence electrons. The summed E-state index contributed by atoms with van der Waals surface area (Å²) in [7, 11) is 2.18. The van der Waals surface area contributed by atoms with E-state index in [1.807, 2.05) is 43.0 Å². The van der Waals surface area contributed by atoms with E-state index in [0.717, 1.165) is 42.8 Å². The molecule has 2 aromatic carbocycles. The zero-order valence-corrected chi connectivity index (χ0v) is 18.8. The Balaban J connectivity index is 1.48. The first-order valence-electron chi connectivity index (χ1n) is 11.4. The van der Waals surface area contributed by atoms with Gasteiger partial charge < -0.3 is 14.5 Å². The molecule has 0 spiro atoms. The lowest BCUT2D eigenvalue weighted by Gasteiger charge is -2.30. The highest BCUT2D eigenvalue weighted by molar-refractivity contribution is 5.79. The van der Waals surface area contributed by atoms with Crippen molar-refractivity contribution in [1.82, 2.24) is 9.80 Å². The first kappa shape index (κ1) is 21.8. The molecule has 2 fully saturated rings. The normalized spacial score (nSPS) is 23.2. The third-order valence-electron chi connectivity index (χ3n) is 6.59. The zero-order chi connectivity index (χ0) is 22.0. The van der Waals surface area contributed by atoms with Gasteiger partial charge >= 0.3 is 0 Å². The lowest BCUT2D eigenvalue weighted by molar-refractivity contribution is -0.133. The molecule has 4 rings (SSSR count). The summed E-state index contributed by atoms with van der Waals surface area (Å²) in [6, 6.07) is 14.6. The van der Waals surface area contributed by atoms with Crippen LogP contribution in [0.3, 0.4) is 0 Å². The van der Waals surface area contributed by atoms with Crippen LogP contribution in [-0.2, 0) is 17.8 Å². The number of fused-ring (bicyclic) bond motifs is 1. The van der Waals surface area contributed by atoms with Crippen LogP contribution >= 0.6 is 0 Å². The molecule has 2 aliphatic rings. The summed E-state index contributed by atoms with van der Waals surface area (Å²) in [6.07, 6.45) is 2.61. The molecule has 1 saturated carbocycles. The Labute approximate surface area is 185 Å².